The molecule has 1 aliphatic heterocycles. The van der Waals surface area contributed by atoms with Crippen LogP contribution in [0.1, 0.15) is 30.6 Å². The zero-order chi connectivity index (χ0) is 22.6. The monoisotopic (exact) mass is 468 g/mol. The lowest BCUT2D eigenvalue weighted by Crippen LogP contribution is -2.43. The second kappa shape index (κ2) is 9.84. The van der Waals surface area contributed by atoms with Gasteiger partial charge in [-0.3, -0.25) is 9.52 Å². The smallest absolute Gasteiger partial charge is 0.262 e. The predicted molar refractivity (Wildman–Crippen MR) is 121 cm³/mol. The maximum Gasteiger partial charge on any atom is 0.262 e. The van der Waals surface area contributed by atoms with Gasteiger partial charge in [0, 0.05) is 37.8 Å². The molecule has 1 heterocycles. The molecule has 1 atom stereocenters. The summed E-state index contributed by atoms with van der Waals surface area (Å²) in [5.74, 6) is -0.989. The van der Waals surface area contributed by atoms with Crippen molar-refractivity contribution >= 4 is 38.9 Å². The van der Waals surface area contributed by atoms with Crippen LogP contribution in [0.2, 0.25) is 5.02 Å². The van der Waals surface area contributed by atoms with E-state index in [-0.39, 0.29) is 27.6 Å². The number of piperazine rings is 1. The van der Waals surface area contributed by atoms with E-state index < -0.39 is 15.8 Å². The summed E-state index contributed by atoms with van der Waals surface area (Å²) < 4.78 is 42.0. The number of halogens is 2. The summed E-state index contributed by atoms with van der Waals surface area (Å²) in [5, 5.41) is 5.85. The van der Waals surface area contributed by atoms with Gasteiger partial charge < -0.3 is 15.5 Å². The zero-order valence-corrected chi connectivity index (χ0v) is 19.0. The highest BCUT2D eigenvalue weighted by Gasteiger charge is 2.22. The van der Waals surface area contributed by atoms with Gasteiger partial charge in [0.05, 0.1) is 21.3 Å². The Labute approximate surface area is 187 Å². The SMILES string of the molecule is CC[C@H](C)NC(=O)c1ccc(N2CCNCC2)c(NS(=O)(=O)c2ccc(F)c(Cl)c2)c1. The van der Waals surface area contributed by atoms with Crippen molar-refractivity contribution in [1.82, 2.24) is 10.6 Å². The lowest BCUT2D eigenvalue weighted by atomic mass is 10.1. The first-order valence-electron chi connectivity index (χ1n) is 10.1. The first-order valence-corrected chi connectivity index (χ1v) is 12.0. The van der Waals surface area contributed by atoms with Crippen molar-refractivity contribution in [2.24, 2.45) is 0 Å². The molecule has 2 aromatic rings. The van der Waals surface area contributed by atoms with E-state index in [9.17, 15) is 17.6 Å². The molecular formula is C21H26ClFN4O3S. The normalized spacial score (nSPS) is 15.4. The average molecular weight is 469 g/mol. The van der Waals surface area contributed by atoms with Crippen LogP contribution >= 0.6 is 11.6 Å². The Morgan fingerprint density at radius 2 is 1.94 bits per heavy atom. The van der Waals surface area contributed by atoms with E-state index in [4.69, 9.17) is 11.6 Å². The Bertz CT molecular complexity index is 1060. The van der Waals surface area contributed by atoms with E-state index in [1.54, 1.807) is 12.1 Å². The molecule has 0 bridgehead atoms. The molecule has 168 valence electrons. The Morgan fingerprint density at radius 3 is 2.58 bits per heavy atom. The van der Waals surface area contributed by atoms with Gasteiger partial charge >= 0.3 is 0 Å². The number of benzene rings is 2. The summed E-state index contributed by atoms with van der Waals surface area (Å²) in [5.41, 5.74) is 1.28. The number of nitrogens with one attached hydrogen (secondary N) is 3. The third-order valence-corrected chi connectivity index (χ3v) is 6.80. The standard InChI is InChI=1S/C21H26ClFN4O3S/c1-3-14(2)25-21(28)15-4-7-20(27-10-8-24-9-11-27)19(12-15)26-31(29,30)16-5-6-18(23)17(22)13-16/h4-7,12-14,24,26H,3,8-11H2,1-2H3,(H,25,28)/t14-/m0/s1. The molecular weight excluding hydrogens is 443 g/mol. The number of hydrogen-bond acceptors (Lipinski definition) is 5. The van der Waals surface area contributed by atoms with Crippen molar-refractivity contribution in [3.8, 4) is 0 Å². The number of anilines is 2. The third kappa shape index (κ3) is 5.66. The fourth-order valence-electron chi connectivity index (χ4n) is 3.20. The van der Waals surface area contributed by atoms with Crippen molar-refractivity contribution in [1.29, 1.82) is 0 Å². The van der Waals surface area contributed by atoms with Crippen molar-refractivity contribution in [2.75, 3.05) is 35.8 Å². The fourth-order valence-corrected chi connectivity index (χ4v) is 4.53. The summed E-state index contributed by atoms with van der Waals surface area (Å²) in [4.78, 5) is 14.5. The van der Waals surface area contributed by atoms with Crippen LogP contribution in [-0.2, 0) is 10.0 Å². The van der Waals surface area contributed by atoms with E-state index in [1.165, 1.54) is 6.07 Å². The van der Waals surface area contributed by atoms with Crippen LogP contribution in [0, 0.1) is 5.82 Å². The van der Waals surface area contributed by atoms with Crippen LogP contribution in [0.3, 0.4) is 0 Å². The quantitative estimate of drug-likeness (QED) is 0.580. The van der Waals surface area contributed by atoms with E-state index >= 15 is 0 Å². The molecule has 0 aromatic heterocycles. The van der Waals surface area contributed by atoms with Crippen molar-refractivity contribution in [3.05, 3.63) is 52.8 Å². The number of sulfonamides is 1. The average Bonchev–Trinajstić information content (AvgIpc) is 2.75. The van der Waals surface area contributed by atoms with Crippen LogP contribution in [-0.4, -0.2) is 46.5 Å². The molecule has 10 heteroatoms. The van der Waals surface area contributed by atoms with E-state index in [0.717, 1.165) is 37.7 Å². The van der Waals surface area contributed by atoms with Crippen molar-refractivity contribution in [3.63, 3.8) is 0 Å². The van der Waals surface area contributed by atoms with Gasteiger partial charge in [-0.2, -0.15) is 0 Å². The molecule has 1 fully saturated rings. The van der Waals surface area contributed by atoms with Gasteiger partial charge in [0.25, 0.3) is 15.9 Å². The van der Waals surface area contributed by atoms with Crippen molar-refractivity contribution in [2.45, 2.75) is 31.2 Å². The molecule has 0 unspecified atom stereocenters. The minimum Gasteiger partial charge on any atom is -0.367 e. The summed E-state index contributed by atoms with van der Waals surface area (Å²) in [6.07, 6.45) is 0.773. The number of hydrogen-bond donors (Lipinski definition) is 3. The maximum atomic E-state index is 13.5. The topological polar surface area (TPSA) is 90.5 Å². The van der Waals surface area contributed by atoms with Crippen LogP contribution < -0.4 is 20.3 Å². The Kier molecular flexibility index (Phi) is 7.40. The molecule has 2 aromatic carbocycles. The molecule has 3 N–H and O–H groups in total. The largest absolute Gasteiger partial charge is 0.367 e. The second-order valence-electron chi connectivity index (χ2n) is 7.43. The zero-order valence-electron chi connectivity index (χ0n) is 17.4. The second-order valence-corrected chi connectivity index (χ2v) is 9.52. The fraction of sp³-hybridized carbons (Fsp3) is 0.381. The number of nitrogens with zero attached hydrogens (tertiary/aromatic N) is 1. The molecule has 1 amide bonds. The molecule has 1 aliphatic rings. The molecule has 0 radical (unpaired) electrons. The Hall–Kier alpha value is -2.36. The van der Waals surface area contributed by atoms with E-state index in [2.05, 4.69) is 15.4 Å². The summed E-state index contributed by atoms with van der Waals surface area (Å²) in [6.45, 7) is 6.76. The highest BCUT2D eigenvalue weighted by Crippen LogP contribution is 2.31. The van der Waals surface area contributed by atoms with E-state index in [0.29, 0.717) is 24.3 Å². The minimum atomic E-state index is -4.06. The van der Waals surface area contributed by atoms with E-state index in [1.807, 2.05) is 18.7 Å². The van der Waals surface area contributed by atoms with Gasteiger partial charge in [0.1, 0.15) is 5.82 Å². The summed E-state index contributed by atoms with van der Waals surface area (Å²) in [6, 6.07) is 8.15. The number of carbonyl (C=O) groups is 1. The number of amides is 1. The molecule has 7 nitrogen and oxygen atoms in total. The maximum absolute atomic E-state index is 13.5. The van der Waals surface area contributed by atoms with Crippen LogP contribution in [0.4, 0.5) is 15.8 Å². The number of carbonyl (C=O) groups excluding carboxylic acids is 1. The first-order chi connectivity index (χ1) is 14.7. The van der Waals surface area contributed by atoms with Gasteiger partial charge in [-0.25, -0.2) is 12.8 Å². The molecule has 0 spiro atoms. The highest BCUT2D eigenvalue weighted by atomic mass is 35.5. The highest BCUT2D eigenvalue weighted by molar-refractivity contribution is 7.92. The lowest BCUT2D eigenvalue weighted by molar-refractivity contribution is 0.0939. The molecule has 1 saturated heterocycles. The number of rotatable bonds is 7. The Balaban J connectivity index is 1.98. The molecule has 31 heavy (non-hydrogen) atoms. The molecule has 0 aliphatic carbocycles. The Morgan fingerprint density at radius 1 is 1.23 bits per heavy atom. The van der Waals surface area contributed by atoms with Crippen LogP contribution in [0.5, 0.6) is 0 Å². The minimum absolute atomic E-state index is 0.0122. The van der Waals surface area contributed by atoms with Gasteiger partial charge in [0.15, 0.2) is 0 Å². The third-order valence-electron chi connectivity index (χ3n) is 5.15. The predicted octanol–water partition coefficient (Wildman–Crippen LogP) is 3.22. The van der Waals surface area contributed by atoms with Crippen LogP contribution in [0.25, 0.3) is 0 Å². The lowest BCUT2D eigenvalue weighted by Gasteiger charge is -2.31. The van der Waals surface area contributed by atoms with Crippen molar-refractivity contribution < 1.29 is 17.6 Å². The summed E-state index contributed by atoms with van der Waals surface area (Å²) >= 11 is 5.77. The first kappa shape index (κ1) is 23.3. The van der Waals surface area contributed by atoms with Gasteiger partial charge in [-0.1, -0.05) is 18.5 Å². The van der Waals surface area contributed by atoms with Gasteiger partial charge in [-0.15, -0.1) is 0 Å². The van der Waals surface area contributed by atoms with Gasteiger partial charge in [0.2, 0.25) is 0 Å². The molecule has 0 saturated carbocycles. The molecule has 3 rings (SSSR count). The van der Waals surface area contributed by atoms with Gasteiger partial charge in [-0.05, 0) is 49.7 Å². The summed E-state index contributed by atoms with van der Waals surface area (Å²) in [7, 11) is -4.06. The van der Waals surface area contributed by atoms with Crippen LogP contribution in [0.15, 0.2) is 41.3 Å².